The summed E-state index contributed by atoms with van der Waals surface area (Å²) in [6.07, 6.45) is 1.02. The highest BCUT2D eigenvalue weighted by Gasteiger charge is 2.34. The second kappa shape index (κ2) is 4.31. The zero-order valence-corrected chi connectivity index (χ0v) is 8.66. The molecule has 0 aromatic heterocycles. The summed E-state index contributed by atoms with van der Waals surface area (Å²) in [7, 11) is 0. The first-order valence-electron chi connectivity index (χ1n) is 4.62. The molecule has 0 saturated carbocycles. The molecule has 0 radical (unpaired) electrons. The summed E-state index contributed by atoms with van der Waals surface area (Å²) in [5.74, 6) is -2.75. The number of rotatable bonds is 3. The van der Waals surface area contributed by atoms with Gasteiger partial charge in [0.05, 0.1) is 6.61 Å². The lowest BCUT2D eigenvalue weighted by molar-refractivity contribution is -0.153. The molecule has 3 N–H and O–H groups in total. The lowest BCUT2D eigenvalue weighted by atomic mass is 10.2. The van der Waals surface area contributed by atoms with E-state index in [0.29, 0.717) is 5.57 Å². The Morgan fingerprint density at radius 3 is 2.87 bits per heavy atom. The van der Waals surface area contributed by atoms with E-state index in [9.17, 15) is 14.7 Å². The van der Waals surface area contributed by atoms with Crippen LogP contribution in [0.4, 0.5) is 0 Å². The van der Waals surface area contributed by atoms with Crippen LogP contribution >= 0.6 is 0 Å². The fraction of sp³-hybridized carbons (Fsp3) is 0.556. The molecular formula is C9H14N2O4. The van der Waals surface area contributed by atoms with E-state index in [4.69, 9.17) is 0 Å². The maximum atomic E-state index is 11.2. The van der Waals surface area contributed by atoms with Crippen LogP contribution < -0.4 is 10.6 Å². The molecule has 1 rings (SSSR count). The number of esters is 1. The molecule has 0 aliphatic carbocycles. The first-order chi connectivity index (χ1) is 6.97. The van der Waals surface area contributed by atoms with Crippen molar-refractivity contribution in [3.8, 4) is 0 Å². The molecule has 1 atom stereocenters. The second-order valence-corrected chi connectivity index (χ2v) is 3.27. The molecular weight excluding hydrogens is 200 g/mol. The Kier molecular flexibility index (Phi) is 3.31. The van der Waals surface area contributed by atoms with E-state index >= 15 is 0 Å². The summed E-state index contributed by atoms with van der Waals surface area (Å²) in [6, 6.07) is 0. The van der Waals surface area contributed by atoms with Crippen molar-refractivity contribution < 1.29 is 19.4 Å². The van der Waals surface area contributed by atoms with E-state index in [2.05, 4.69) is 15.4 Å². The zero-order valence-electron chi connectivity index (χ0n) is 8.66. The van der Waals surface area contributed by atoms with Crippen molar-refractivity contribution in [3.05, 3.63) is 11.8 Å². The van der Waals surface area contributed by atoms with Gasteiger partial charge in [-0.3, -0.25) is 9.59 Å². The third-order valence-corrected chi connectivity index (χ3v) is 1.91. The highest BCUT2D eigenvalue weighted by Crippen LogP contribution is 2.10. The number of hydrogen-bond acceptors (Lipinski definition) is 5. The highest BCUT2D eigenvalue weighted by molar-refractivity contribution is 5.94. The fourth-order valence-corrected chi connectivity index (χ4v) is 1.13. The highest BCUT2D eigenvalue weighted by atomic mass is 16.5. The van der Waals surface area contributed by atoms with E-state index in [1.807, 2.05) is 0 Å². The maximum absolute atomic E-state index is 11.2. The first-order valence-corrected chi connectivity index (χ1v) is 4.62. The molecule has 1 heterocycles. The molecule has 0 saturated heterocycles. The Labute approximate surface area is 87.3 Å². The van der Waals surface area contributed by atoms with Gasteiger partial charge in [-0.2, -0.15) is 0 Å². The van der Waals surface area contributed by atoms with Gasteiger partial charge in [0.25, 0.3) is 5.91 Å². The van der Waals surface area contributed by atoms with Gasteiger partial charge in [-0.15, -0.1) is 0 Å². The predicted octanol–water partition coefficient (Wildman–Crippen LogP) is -0.791. The molecule has 6 nitrogen and oxygen atoms in total. The number of ether oxygens (including phenoxy) is 1. The summed E-state index contributed by atoms with van der Waals surface area (Å²) in [6.45, 7) is 3.49. The van der Waals surface area contributed by atoms with Gasteiger partial charge >= 0.3 is 5.97 Å². The first kappa shape index (κ1) is 11.5. The van der Waals surface area contributed by atoms with Gasteiger partial charge in [0.1, 0.15) is 6.42 Å². The quantitative estimate of drug-likeness (QED) is 0.536. The molecule has 1 unspecified atom stereocenters. The van der Waals surface area contributed by atoms with E-state index in [1.165, 1.54) is 6.20 Å². The Morgan fingerprint density at radius 1 is 1.67 bits per heavy atom. The molecule has 0 fully saturated rings. The van der Waals surface area contributed by atoms with E-state index in [-0.39, 0.29) is 13.0 Å². The average molecular weight is 214 g/mol. The van der Waals surface area contributed by atoms with Crippen molar-refractivity contribution in [3.63, 3.8) is 0 Å². The fourth-order valence-electron chi connectivity index (χ4n) is 1.13. The average Bonchev–Trinajstić information content (AvgIpc) is 2.12. The number of hydrogen-bond donors (Lipinski definition) is 3. The Balaban J connectivity index is 2.62. The molecule has 0 aromatic rings. The van der Waals surface area contributed by atoms with Crippen molar-refractivity contribution >= 4 is 11.9 Å². The van der Waals surface area contributed by atoms with Crippen LogP contribution in [0.5, 0.6) is 0 Å². The normalized spacial score (nSPS) is 25.0. The molecule has 1 amide bonds. The van der Waals surface area contributed by atoms with E-state index < -0.39 is 17.7 Å². The van der Waals surface area contributed by atoms with Crippen molar-refractivity contribution in [1.82, 2.24) is 10.6 Å². The largest absolute Gasteiger partial charge is 0.466 e. The number of carbonyl (C=O) groups excluding carboxylic acids is 2. The van der Waals surface area contributed by atoms with Crippen molar-refractivity contribution in [1.29, 1.82) is 0 Å². The van der Waals surface area contributed by atoms with Gasteiger partial charge < -0.3 is 20.5 Å². The van der Waals surface area contributed by atoms with E-state index in [0.717, 1.165) is 0 Å². The number of carbonyl (C=O) groups is 2. The standard InChI is InChI=1S/C9H14N2O4/c1-3-15-7(12)4-9(14)10-5-6(2)8(13)11-9/h5,10,14H,3-4H2,1-2H3,(H,11,13). The van der Waals surface area contributed by atoms with Gasteiger partial charge in [0.2, 0.25) is 5.85 Å². The third kappa shape index (κ3) is 2.95. The van der Waals surface area contributed by atoms with Crippen molar-refractivity contribution in [2.75, 3.05) is 6.61 Å². The van der Waals surface area contributed by atoms with Crippen LogP contribution in [0.15, 0.2) is 11.8 Å². The molecule has 1 aliphatic rings. The summed E-state index contributed by atoms with van der Waals surface area (Å²) in [4.78, 5) is 22.3. The van der Waals surface area contributed by atoms with E-state index in [1.54, 1.807) is 13.8 Å². The molecule has 0 spiro atoms. The van der Waals surface area contributed by atoms with Crippen LogP contribution in [0.1, 0.15) is 20.3 Å². The maximum Gasteiger partial charge on any atom is 0.312 e. The summed E-state index contributed by atoms with van der Waals surface area (Å²) in [5.41, 5.74) is 0.434. The number of nitrogens with one attached hydrogen (secondary N) is 2. The van der Waals surface area contributed by atoms with Gasteiger partial charge in [0.15, 0.2) is 0 Å². The van der Waals surface area contributed by atoms with Crippen LogP contribution in [0.2, 0.25) is 0 Å². The summed E-state index contributed by atoms with van der Waals surface area (Å²) < 4.78 is 4.66. The topological polar surface area (TPSA) is 87.7 Å². The van der Waals surface area contributed by atoms with Crippen molar-refractivity contribution in [2.24, 2.45) is 0 Å². The molecule has 6 heteroatoms. The monoisotopic (exact) mass is 214 g/mol. The Bertz CT molecular complexity index is 313. The number of amides is 1. The van der Waals surface area contributed by atoms with Gasteiger partial charge in [-0.1, -0.05) is 0 Å². The summed E-state index contributed by atoms with van der Waals surface area (Å²) in [5, 5.41) is 14.6. The summed E-state index contributed by atoms with van der Waals surface area (Å²) >= 11 is 0. The van der Waals surface area contributed by atoms with Crippen molar-refractivity contribution in [2.45, 2.75) is 26.1 Å². The van der Waals surface area contributed by atoms with Crippen LogP contribution in [0.25, 0.3) is 0 Å². The lowest BCUT2D eigenvalue weighted by Crippen LogP contribution is -2.61. The molecule has 0 bridgehead atoms. The van der Waals surface area contributed by atoms with Crippen LogP contribution in [0, 0.1) is 0 Å². The Hall–Kier alpha value is -1.56. The second-order valence-electron chi connectivity index (χ2n) is 3.27. The lowest BCUT2D eigenvalue weighted by Gasteiger charge is -2.32. The third-order valence-electron chi connectivity index (χ3n) is 1.91. The minimum absolute atomic E-state index is 0.234. The van der Waals surface area contributed by atoms with Gasteiger partial charge in [-0.25, -0.2) is 0 Å². The van der Waals surface area contributed by atoms with Gasteiger partial charge in [-0.05, 0) is 13.8 Å². The predicted molar refractivity (Wildman–Crippen MR) is 51.2 cm³/mol. The molecule has 0 aromatic carbocycles. The minimum atomic E-state index is -1.75. The number of aliphatic hydroxyl groups is 1. The van der Waals surface area contributed by atoms with Gasteiger partial charge in [0, 0.05) is 11.8 Å². The zero-order chi connectivity index (χ0) is 11.5. The smallest absolute Gasteiger partial charge is 0.312 e. The molecule has 15 heavy (non-hydrogen) atoms. The minimum Gasteiger partial charge on any atom is -0.466 e. The van der Waals surface area contributed by atoms with Crippen LogP contribution in [-0.4, -0.2) is 29.4 Å². The van der Waals surface area contributed by atoms with Crippen LogP contribution in [0.3, 0.4) is 0 Å². The SMILES string of the molecule is CCOC(=O)CC1(O)NC=C(C)C(=O)N1. The molecule has 84 valence electrons. The van der Waals surface area contributed by atoms with Crippen LogP contribution in [-0.2, 0) is 14.3 Å². The molecule has 1 aliphatic heterocycles. The Morgan fingerprint density at radius 2 is 2.33 bits per heavy atom.